The Labute approximate surface area is 318 Å². The number of carbonyl (C=O) groups is 3. The monoisotopic (exact) mass is 745 g/mol. The lowest BCUT2D eigenvalue weighted by Gasteiger charge is -2.75. The highest BCUT2D eigenvalue weighted by atomic mass is 16.6. The summed E-state index contributed by atoms with van der Waals surface area (Å²) in [4.78, 5) is 40.1. The molecule has 12 nitrogen and oxygen atoms in total. The molecule has 8 atom stereocenters. The van der Waals surface area contributed by atoms with E-state index in [9.17, 15) is 24.6 Å². The molecule has 2 heterocycles. The Morgan fingerprint density at radius 1 is 1.11 bits per heavy atom. The minimum Gasteiger partial charge on any atom is -0.508 e. The van der Waals surface area contributed by atoms with E-state index in [1.807, 2.05) is 19.9 Å². The molecule has 292 valence electrons. The van der Waals surface area contributed by atoms with Gasteiger partial charge in [0.2, 0.25) is 11.8 Å². The molecule has 2 spiro atoms. The standard InChI is InChI=1S/C42H56N4O8/c1-25(47)44-30(21-26-9-12-29(48)13-10-26)36(49)43-18-19-45(4)38(50)53-31-14-11-28-22-33-40-15-16-42(52-6,32(23-40)39(2,3)51)37-41(40,34(28)35(31)54-37)17-20-46(33,5)24-27-7-8-27/h9-14,27,30,32-33,37,51H,7-8,15-24H2,1-6H3,(H2-,43,44,47,48,49)/p+1/t30-,32+,33-,37+,40+,41-,42+,46?/m0/s1. The fourth-order valence-corrected chi connectivity index (χ4v) is 12.1. The van der Waals surface area contributed by atoms with Crippen molar-refractivity contribution in [3.63, 3.8) is 0 Å². The van der Waals surface area contributed by atoms with Crippen LogP contribution in [0.25, 0.3) is 0 Å². The number of nitrogens with one attached hydrogen (secondary N) is 2. The molecule has 12 heteroatoms. The lowest BCUT2D eigenvalue weighted by molar-refractivity contribution is -0.952. The van der Waals surface area contributed by atoms with Crippen molar-refractivity contribution in [2.75, 3.05) is 47.4 Å². The van der Waals surface area contributed by atoms with Crippen LogP contribution in [0, 0.1) is 17.3 Å². The van der Waals surface area contributed by atoms with Crippen molar-refractivity contribution in [1.82, 2.24) is 15.5 Å². The molecule has 7 aliphatic rings. The summed E-state index contributed by atoms with van der Waals surface area (Å²) in [5, 5.41) is 26.9. The van der Waals surface area contributed by atoms with Gasteiger partial charge in [0.1, 0.15) is 23.5 Å². The van der Waals surface area contributed by atoms with Crippen LogP contribution < -0.4 is 20.1 Å². The van der Waals surface area contributed by atoms with E-state index in [0.29, 0.717) is 17.5 Å². The third kappa shape index (κ3) is 5.60. The first-order chi connectivity index (χ1) is 25.6. The summed E-state index contributed by atoms with van der Waals surface area (Å²) in [5.41, 5.74) is 1.19. The number of amides is 3. The number of methoxy groups -OCH3 is 1. The highest BCUT2D eigenvalue weighted by Crippen LogP contribution is 2.78. The highest BCUT2D eigenvalue weighted by molar-refractivity contribution is 5.87. The molecule has 5 aliphatic carbocycles. The van der Waals surface area contributed by atoms with Crippen molar-refractivity contribution in [3.8, 4) is 17.2 Å². The topological polar surface area (TPSA) is 147 Å². The van der Waals surface area contributed by atoms with Gasteiger partial charge >= 0.3 is 6.09 Å². The van der Waals surface area contributed by atoms with E-state index < -0.39 is 23.3 Å². The summed E-state index contributed by atoms with van der Waals surface area (Å²) in [7, 11) is 5.88. The van der Waals surface area contributed by atoms with Crippen LogP contribution in [0.15, 0.2) is 36.4 Å². The molecule has 4 saturated carbocycles. The average Bonchev–Trinajstić information content (AvgIpc) is 3.86. The van der Waals surface area contributed by atoms with Crippen LogP contribution in [-0.2, 0) is 32.6 Å². The van der Waals surface area contributed by atoms with Gasteiger partial charge in [-0.25, -0.2) is 4.79 Å². The Morgan fingerprint density at radius 3 is 2.52 bits per heavy atom. The van der Waals surface area contributed by atoms with Crippen LogP contribution in [0.4, 0.5) is 4.79 Å². The van der Waals surface area contributed by atoms with Crippen molar-refractivity contribution < 1.29 is 43.3 Å². The maximum absolute atomic E-state index is 13.7. The molecule has 2 aromatic carbocycles. The first-order valence-corrected chi connectivity index (χ1v) is 19.8. The lowest BCUT2D eigenvalue weighted by atomic mass is 9.33. The van der Waals surface area contributed by atoms with E-state index in [1.165, 1.54) is 54.5 Å². The molecule has 5 fully saturated rings. The number of benzene rings is 2. The second kappa shape index (κ2) is 12.8. The van der Waals surface area contributed by atoms with Crippen LogP contribution in [0.2, 0.25) is 0 Å². The highest BCUT2D eigenvalue weighted by Gasteiger charge is 2.84. The molecular formula is C42H57N4O8+. The first kappa shape index (κ1) is 37.1. The Kier molecular flexibility index (Phi) is 8.82. The number of likely N-dealkylation sites (N-methyl/N-ethyl adjacent to an activating group) is 2. The number of ether oxygens (including phenoxy) is 3. The molecule has 3 amide bonds. The van der Waals surface area contributed by atoms with Crippen LogP contribution in [0.5, 0.6) is 17.2 Å². The summed E-state index contributed by atoms with van der Waals surface area (Å²) in [6.45, 7) is 7.78. The smallest absolute Gasteiger partial charge is 0.415 e. The van der Waals surface area contributed by atoms with E-state index in [0.717, 1.165) is 54.6 Å². The van der Waals surface area contributed by atoms with Crippen molar-refractivity contribution in [2.24, 2.45) is 17.3 Å². The number of fused-ring (bicyclic) bond motifs is 2. The number of phenolic OH excluding ortho intramolecular Hbond substituents is 1. The fourth-order valence-electron chi connectivity index (χ4n) is 12.1. The van der Waals surface area contributed by atoms with Crippen molar-refractivity contribution in [2.45, 2.75) is 107 Å². The van der Waals surface area contributed by atoms with Crippen molar-refractivity contribution in [1.29, 1.82) is 0 Å². The molecule has 1 saturated heterocycles. The number of likely N-dealkylation sites (tertiary alicyclic amines) is 1. The summed E-state index contributed by atoms with van der Waals surface area (Å²) in [6.07, 6.45) is 6.60. The predicted molar refractivity (Wildman–Crippen MR) is 200 cm³/mol. The molecule has 54 heavy (non-hydrogen) atoms. The number of quaternary nitrogens is 1. The maximum Gasteiger partial charge on any atom is 0.415 e. The number of piperidine rings is 1. The largest absolute Gasteiger partial charge is 0.508 e. The summed E-state index contributed by atoms with van der Waals surface area (Å²) in [6, 6.07) is 10.1. The number of carbonyl (C=O) groups excluding carboxylic acids is 3. The fraction of sp³-hybridized carbons (Fsp3) is 0.643. The van der Waals surface area contributed by atoms with Crippen LogP contribution in [0.3, 0.4) is 0 Å². The molecule has 2 aromatic rings. The van der Waals surface area contributed by atoms with E-state index >= 15 is 0 Å². The minimum atomic E-state index is -0.973. The summed E-state index contributed by atoms with van der Waals surface area (Å²) in [5.74, 6) is 1.10. The maximum atomic E-state index is 13.7. The summed E-state index contributed by atoms with van der Waals surface area (Å²) < 4.78 is 21.0. The van der Waals surface area contributed by atoms with Crippen LogP contribution >= 0.6 is 0 Å². The van der Waals surface area contributed by atoms with Gasteiger partial charge in [-0.3, -0.25) is 9.59 Å². The first-order valence-electron chi connectivity index (χ1n) is 19.8. The van der Waals surface area contributed by atoms with Crippen LogP contribution in [0.1, 0.15) is 76.0 Å². The van der Waals surface area contributed by atoms with Crippen molar-refractivity contribution in [3.05, 3.63) is 53.1 Å². The van der Waals surface area contributed by atoms with Crippen molar-refractivity contribution >= 4 is 17.9 Å². The van der Waals surface area contributed by atoms with E-state index in [4.69, 9.17) is 14.2 Å². The number of rotatable bonds is 12. The zero-order chi connectivity index (χ0) is 38.4. The SMILES string of the molecule is CO[C@]12CC[C@@]3(C[C@@H]1C(C)(C)O)[C@@H]1Cc4ccc(OC(=O)N(C)CCNC(=O)[C@H](Cc5ccc(O)cc5)NC(C)=O)c5c4[C@@]3(CC[N+]1(C)CC1CC1)[C@H]2O5. The second-order valence-corrected chi connectivity index (χ2v) is 18.1. The lowest BCUT2D eigenvalue weighted by Crippen LogP contribution is -2.84. The second-order valence-electron chi connectivity index (χ2n) is 18.1. The van der Waals surface area contributed by atoms with Gasteiger partial charge in [-0.2, -0.15) is 0 Å². The molecule has 9 rings (SSSR count). The van der Waals surface area contributed by atoms with Gasteiger partial charge in [-0.1, -0.05) is 18.2 Å². The number of aromatic hydroxyl groups is 1. The Balaban J connectivity index is 1.03. The minimum absolute atomic E-state index is 0.0855. The Morgan fingerprint density at radius 2 is 1.85 bits per heavy atom. The number of aliphatic hydroxyl groups is 1. The third-order valence-electron chi connectivity index (χ3n) is 14.5. The summed E-state index contributed by atoms with van der Waals surface area (Å²) >= 11 is 0. The zero-order valence-electron chi connectivity index (χ0n) is 32.6. The number of hydrogen-bond acceptors (Lipinski definition) is 8. The molecule has 4 bridgehead atoms. The predicted octanol–water partition coefficient (Wildman–Crippen LogP) is 3.83. The van der Waals surface area contributed by atoms with Gasteiger partial charge in [0.25, 0.3) is 0 Å². The molecule has 0 radical (unpaired) electrons. The van der Waals surface area contributed by atoms with Gasteiger partial charge in [-0.05, 0) is 75.3 Å². The number of phenols is 1. The van der Waals surface area contributed by atoms with Crippen LogP contribution in [-0.4, -0.2) is 114 Å². The molecule has 0 aromatic heterocycles. The number of nitrogens with zero attached hydrogens (tertiary/aromatic N) is 2. The third-order valence-corrected chi connectivity index (χ3v) is 14.5. The molecule has 2 aliphatic heterocycles. The van der Waals surface area contributed by atoms with Gasteiger partial charge in [0, 0.05) is 76.2 Å². The Bertz CT molecular complexity index is 1840. The quantitative estimate of drug-likeness (QED) is 0.240. The molecular weight excluding hydrogens is 688 g/mol. The normalized spacial score (nSPS) is 33.3. The zero-order valence-corrected chi connectivity index (χ0v) is 32.6. The average molecular weight is 746 g/mol. The van der Waals surface area contributed by atoms with E-state index in [-0.39, 0.29) is 59.9 Å². The number of hydrogen-bond donors (Lipinski definition) is 4. The van der Waals surface area contributed by atoms with Gasteiger partial charge in [0.15, 0.2) is 11.5 Å². The molecule has 1 unspecified atom stereocenters. The molecule has 4 N–H and O–H groups in total. The van der Waals surface area contributed by atoms with Gasteiger partial charge < -0.3 is 44.4 Å². The Hall–Kier alpha value is -3.87. The van der Waals surface area contributed by atoms with Gasteiger partial charge in [0.05, 0.1) is 37.2 Å². The van der Waals surface area contributed by atoms with Gasteiger partial charge in [-0.15, -0.1) is 0 Å². The van der Waals surface area contributed by atoms with E-state index in [1.54, 1.807) is 26.3 Å². The van der Waals surface area contributed by atoms with E-state index in [2.05, 4.69) is 23.7 Å².